The molecule has 2 amide bonds. The van der Waals surface area contributed by atoms with E-state index in [1.165, 1.54) is 18.3 Å². The van der Waals surface area contributed by atoms with Crippen LogP contribution in [0.3, 0.4) is 0 Å². The lowest BCUT2D eigenvalue weighted by atomic mass is 9.93. The molecule has 4 rings (SSSR count). The van der Waals surface area contributed by atoms with E-state index in [2.05, 4.69) is 17.2 Å². The van der Waals surface area contributed by atoms with Crippen molar-refractivity contribution in [2.45, 2.75) is 13.8 Å². The normalized spacial score (nSPS) is 11.8. The molecular weight excluding hydrogens is 505 g/mol. The summed E-state index contributed by atoms with van der Waals surface area (Å²) in [6.45, 7) is 8.29. The number of furan rings is 1. The van der Waals surface area contributed by atoms with Crippen molar-refractivity contribution in [1.29, 1.82) is 0 Å². The molecule has 0 bridgehead atoms. The Morgan fingerprint density at radius 1 is 0.975 bits per heavy atom. The highest BCUT2D eigenvalue weighted by Gasteiger charge is 2.22. The van der Waals surface area contributed by atoms with Crippen LogP contribution in [0, 0.1) is 11.7 Å². The first kappa shape index (κ1) is 28.1. The van der Waals surface area contributed by atoms with Crippen LogP contribution in [-0.4, -0.2) is 25.4 Å². The van der Waals surface area contributed by atoms with Crippen molar-refractivity contribution in [2.24, 2.45) is 11.7 Å². The van der Waals surface area contributed by atoms with Gasteiger partial charge in [-0.2, -0.15) is 0 Å². The van der Waals surface area contributed by atoms with Crippen LogP contribution in [0.1, 0.15) is 40.1 Å². The van der Waals surface area contributed by atoms with Crippen LogP contribution >= 0.6 is 0 Å². The largest absolute Gasteiger partial charge is 0.455 e. The molecule has 4 N–H and O–H groups in total. The van der Waals surface area contributed by atoms with E-state index in [1.807, 2.05) is 44.2 Å². The molecule has 0 aliphatic carbocycles. The van der Waals surface area contributed by atoms with E-state index in [4.69, 9.17) is 10.2 Å². The van der Waals surface area contributed by atoms with Crippen LogP contribution in [0.2, 0.25) is 0 Å². The summed E-state index contributed by atoms with van der Waals surface area (Å²) in [7, 11) is 1.55. The number of carbonyl (C=O) groups is 2. The van der Waals surface area contributed by atoms with Gasteiger partial charge in [-0.15, -0.1) is 0 Å². The van der Waals surface area contributed by atoms with Crippen molar-refractivity contribution in [3.63, 3.8) is 0 Å². The monoisotopic (exact) mass is 537 g/mol. The van der Waals surface area contributed by atoms with Crippen molar-refractivity contribution in [3.05, 3.63) is 114 Å². The number of allylic oxidation sites excluding steroid dienone is 4. The first-order valence-electron chi connectivity index (χ1n) is 13.0. The maximum Gasteiger partial charge on any atom is 0.255 e. The van der Waals surface area contributed by atoms with Gasteiger partial charge in [0.15, 0.2) is 0 Å². The quantitative estimate of drug-likeness (QED) is 0.207. The molecule has 6 nitrogen and oxygen atoms in total. The molecule has 1 aromatic heterocycles. The zero-order valence-electron chi connectivity index (χ0n) is 22.8. The maximum atomic E-state index is 13.6. The van der Waals surface area contributed by atoms with Gasteiger partial charge in [0.2, 0.25) is 0 Å². The Balaban J connectivity index is 1.87. The van der Waals surface area contributed by atoms with E-state index < -0.39 is 0 Å². The Bertz CT molecular complexity index is 1630. The zero-order valence-corrected chi connectivity index (χ0v) is 22.8. The molecule has 7 heteroatoms. The van der Waals surface area contributed by atoms with E-state index in [0.717, 1.165) is 11.1 Å². The number of amides is 2. The Labute approximate surface area is 233 Å². The standard InChI is InChI=1S/C33H32FN3O3/c1-5-6-7-24(18-35)26-14-10-22(16-27(26)32(38)37-19-20(2)3)23-11-15-29-28(17-23)30(33(39)36-4)31(40-29)21-8-12-25(34)13-9-21/h5-18,20H,1,19,35H2,2-4H3,(H,36,39)(H,37,38)/b7-6-,24-18+. The third-order valence-electron chi connectivity index (χ3n) is 6.42. The molecule has 0 aliphatic rings. The van der Waals surface area contributed by atoms with Gasteiger partial charge in [0, 0.05) is 36.3 Å². The number of halogens is 1. The molecule has 0 fully saturated rings. The Morgan fingerprint density at radius 3 is 2.30 bits per heavy atom. The van der Waals surface area contributed by atoms with Crippen molar-refractivity contribution in [1.82, 2.24) is 10.6 Å². The predicted molar refractivity (Wildman–Crippen MR) is 159 cm³/mol. The molecule has 204 valence electrons. The number of carbonyl (C=O) groups excluding carboxylic acids is 2. The van der Waals surface area contributed by atoms with Gasteiger partial charge in [-0.05, 0) is 70.6 Å². The van der Waals surface area contributed by atoms with E-state index in [9.17, 15) is 14.0 Å². The third kappa shape index (κ3) is 5.89. The first-order valence-corrected chi connectivity index (χ1v) is 13.0. The number of rotatable bonds is 9. The van der Waals surface area contributed by atoms with E-state index in [1.54, 1.807) is 43.5 Å². The van der Waals surface area contributed by atoms with Crippen molar-refractivity contribution in [3.8, 4) is 22.5 Å². The molecule has 0 aliphatic heterocycles. The molecule has 3 aromatic carbocycles. The molecule has 0 radical (unpaired) electrons. The predicted octanol–water partition coefficient (Wildman–Crippen LogP) is 6.69. The Kier molecular flexibility index (Phi) is 8.64. The fourth-order valence-corrected chi connectivity index (χ4v) is 4.39. The molecular formula is C33H32FN3O3. The fraction of sp³-hybridized carbons (Fsp3) is 0.152. The second kappa shape index (κ2) is 12.3. The number of hydrogen-bond acceptors (Lipinski definition) is 4. The summed E-state index contributed by atoms with van der Waals surface area (Å²) < 4.78 is 19.6. The summed E-state index contributed by atoms with van der Waals surface area (Å²) in [5.41, 5.74) is 10.7. The molecule has 4 aromatic rings. The lowest BCUT2D eigenvalue weighted by Gasteiger charge is -2.14. The fourth-order valence-electron chi connectivity index (χ4n) is 4.39. The topological polar surface area (TPSA) is 97.4 Å². The second-order valence-electron chi connectivity index (χ2n) is 9.68. The average Bonchev–Trinajstić information content (AvgIpc) is 3.35. The van der Waals surface area contributed by atoms with Gasteiger partial charge in [0.25, 0.3) is 11.8 Å². The van der Waals surface area contributed by atoms with Crippen LogP contribution in [0.4, 0.5) is 4.39 Å². The van der Waals surface area contributed by atoms with Crippen molar-refractivity contribution >= 4 is 28.4 Å². The minimum absolute atomic E-state index is 0.217. The molecule has 0 spiro atoms. The summed E-state index contributed by atoms with van der Waals surface area (Å²) in [6.07, 6.45) is 6.65. The lowest BCUT2D eigenvalue weighted by molar-refractivity contribution is 0.0945. The van der Waals surface area contributed by atoms with E-state index in [0.29, 0.717) is 51.1 Å². The highest BCUT2D eigenvalue weighted by molar-refractivity contribution is 6.12. The number of nitrogens with two attached hydrogens (primary N) is 1. The summed E-state index contributed by atoms with van der Waals surface area (Å²) in [5, 5.41) is 6.27. The molecule has 0 saturated heterocycles. The molecule has 0 saturated carbocycles. The second-order valence-corrected chi connectivity index (χ2v) is 9.68. The molecule has 0 atom stereocenters. The van der Waals surface area contributed by atoms with Crippen LogP contribution in [0.15, 0.2) is 96.1 Å². The van der Waals surface area contributed by atoms with Crippen LogP contribution in [-0.2, 0) is 0 Å². The minimum atomic E-state index is -0.382. The van der Waals surface area contributed by atoms with Gasteiger partial charge in [0.05, 0.1) is 5.56 Å². The van der Waals surface area contributed by atoms with E-state index in [-0.39, 0.29) is 23.5 Å². The molecule has 1 heterocycles. The number of benzene rings is 3. The highest BCUT2D eigenvalue weighted by Crippen LogP contribution is 2.37. The molecule has 0 unspecified atom stereocenters. The zero-order chi connectivity index (χ0) is 28.8. The Hall–Kier alpha value is -4.91. The number of fused-ring (bicyclic) bond motifs is 1. The first-order chi connectivity index (χ1) is 19.3. The molecule has 40 heavy (non-hydrogen) atoms. The van der Waals surface area contributed by atoms with Gasteiger partial charge in [-0.25, -0.2) is 4.39 Å². The van der Waals surface area contributed by atoms with Crippen LogP contribution in [0.5, 0.6) is 0 Å². The van der Waals surface area contributed by atoms with Gasteiger partial charge in [-0.3, -0.25) is 9.59 Å². The smallest absolute Gasteiger partial charge is 0.255 e. The van der Waals surface area contributed by atoms with Gasteiger partial charge in [0.1, 0.15) is 17.2 Å². The third-order valence-corrected chi connectivity index (χ3v) is 6.42. The average molecular weight is 538 g/mol. The summed E-state index contributed by atoms with van der Waals surface area (Å²) >= 11 is 0. The van der Waals surface area contributed by atoms with Crippen LogP contribution < -0.4 is 16.4 Å². The van der Waals surface area contributed by atoms with Gasteiger partial charge >= 0.3 is 0 Å². The maximum absolute atomic E-state index is 13.6. The van der Waals surface area contributed by atoms with Gasteiger partial charge in [-0.1, -0.05) is 56.9 Å². The SMILES string of the molecule is C=C/C=C\C(=C/N)c1ccc(-c2ccc3oc(-c4ccc(F)cc4)c(C(=O)NC)c3c2)cc1C(=O)NCC(C)C. The highest BCUT2D eigenvalue weighted by atomic mass is 19.1. The number of hydrogen-bond donors (Lipinski definition) is 3. The lowest BCUT2D eigenvalue weighted by Crippen LogP contribution is -2.28. The summed E-state index contributed by atoms with van der Waals surface area (Å²) in [5.74, 6) is -0.296. The minimum Gasteiger partial charge on any atom is -0.455 e. The van der Waals surface area contributed by atoms with E-state index >= 15 is 0 Å². The van der Waals surface area contributed by atoms with Crippen LogP contribution in [0.25, 0.3) is 39.0 Å². The Morgan fingerprint density at radius 2 is 1.65 bits per heavy atom. The van der Waals surface area contributed by atoms with Crippen molar-refractivity contribution in [2.75, 3.05) is 13.6 Å². The summed E-state index contributed by atoms with van der Waals surface area (Å²) in [6, 6.07) is 16.9. The van der Waals surface area contributed by atoms with Crippen molar-refractivity contribution < 1.29 is 18.4 Å². The number of nitrogens with one attached hydrogen (secondary N) is 2. The van der Waals surface area contributed by atoms with Gasteiger partial charge < -0.3 is 20.8 Å². The summed E-state index contributed by atoms with van der Waals surface area (Å²) in [4.78, 5) is 26.3.